The second kappa shape index (κ2) is 6.74. The van der Waals surface area contributed by atoms with Crippen molar-refractivity contribution < 1.29 is 22.4 Å². The number of halogens is 4. The summed E-state index contributed by atoms with van der Waals surface area (Å²) in [6.07, 6.45) is 0.733. The maximum absolute atomic E-state index is 13.9. The number of nitrogens with one attached hydrogen (secondary N) is 1. The fourth-order valence-electron chi connectivity index (χ4n) is 1.65. The number of benzene rings is 1. The molecule has 0 saturated carbocycles. The molecule has 21 heavy (non-hydrogen) atoms. The van der Waals surface area contributed by atoms with Crippen molar-refractivity contribution in [2.45, 2.75) is 33.2 Å². The Balaban J connectivity index is 3.32. The maximum Gasteiger partial charge on any atom is 0.257 e. The summed E-state index contributed by atoms with van der Waals surface area (Å²) in [5, 5.41) is 2.31. The summed E-state index contributed by atoms with van der Waals surface area (Å²) in [5.74, 6) is -7.73. The molecule has 1 amide bonds. The van der Waals surface area contributed by atoms with Crippen LogP contribution in [0.2, 0.25) is 0 Å². The molecule has 0 spiro atoms. The van der Waals surface area contributed by atoms with Gasteiger partial charge in [-0.2, -0.15) is 0 Å². The van der Waals surface area contributed by atoms with Crippen LogP contribution in [0.4, 0.5) is 17.6 Å². The van der Waals surface area contributed by atoms with Crippen LogP contribution in [0, 0.1) is 29.2 Å². The van der Waals surface area contributed by atoms with E-state index < -0.39 is 46.3 Å². The van der Waals surface area contributed by atoms with Gasteiger partial charge in [0, 0.05) is 11.6 Å². The molecule has 0 heterocycles. The van der Waals surface area contributed by atoms with Gasteiger partial charge in [0.15, 0.2) is 23.3 Å². The predicted octanol–water partition coefficient (Wildman–Crippen LogP) is 3.75. The van der Waals surface area contributed by atoms with Crippen LogP contribution in [0.25, 0.3) is 0 Å². The minimum Gasteiger partial charge on any atom is -0.349 e. The zero-order chi connectivity index (χ0) is 16.3. The van der Waals surface area contributed by atoms with E-state index in [-0.39, 0.29) is 12.3 Å². The molecule has 2 nitrogen and oxygen atoms in total. The van der Waals surface area contributed by atoms with Crippen LogP contribution in [0.15, 0.2) is 12.7 Å². The smallest absolute Gasteiger partial charge is 0.257 e. The van der Waals surface area contributed by atoms with Gasteiger partial charge in [-0.05, 0) is 19.3 Å². The van der Waals surface area contributed by atoms with Gasteiger partial charge in [-0.15, -0.1) is 6.58 Å². The van der Waals surface area contributed by atoms with Crippen molar-refractivity contribution in [2.75, 3.05) is 0 Å². The van der Waals surface area contributed by atoms with Gasteiger partial charge in [-0.25, -0.2) is 17.6 Å². The molecule has 0 aliphatic rings. The second-order valence-electron chi connectivity index (χ2n) is 5.11. The van der Waals surface area contributed by atoms with Crippen LogP contribution < -0.4 is 5.32 Å². The first-order chi connectivity index (χ1) is 9.72. The topological polar surface area (TPSA) is 29.1 Å². The zero-order valence-corrected chi connectivity index (χ0v) is 12.1. The summed E-state index contributed by atoms with van der Waals surface area (Å²) in [4.78, 5) is 11.8. The molecule has 0 radical (unpaired) electrons. The first-order valence-electron chi connectivity index (χ1n) is 6.48. The van der Waals surface area contributed by atoms with Gasteiger partial charge in [-0.1, -0.05) is 19.9 Å². The summed E-state index contributed by atoms with van der Waals surface area (Å²) in [6.45, 7) is 8.45. The Morgan fingerprint density at radius 1 is 1.10 bits per heavy atom. The standard InChI is InChI=1S/C15H17F4NO/c1-5-6-9-11(16)13(18)10(14(19)12(9)17)15(21)20-8(4)7(2)3/h5,7-8H,1,6H2,2-4H3,(H,20,21). The first kappa shape index (κ1) is 17.2. The summed E-state index contributed by atoms with van der Waals surface area (Å²) in [5.41, 5.74) is -2.03. The Morgan fingerprint density at radius 2 is 1.57 bits per heavy atom. The molecule has 0 aliphatic carbocycles. The largest absolute Gasteiger partial charge is 0.349 e. The lowest BCUT2D eigenvalue weighted by atomic mass is 10.0. The van der Waals surface area contributed by atoms with Crippen molar-refractivity contribution in [3.8, 4) is 0 Å². The average Bonchev–Trinajstić information content (AvgIpc) is 2.41. The van der Waals surface area contributed by atoms with Gasteiger partial charge < -0.3 is 5.32 Å². The highest BCUT2D eigenvalue weighted by atomic mass is 19.2. The van der Waals surface area contributed by atoms with Crippen LogP contribution in [0.5, 0.6) is 0 Å². The van der Waals surface area contributed by atoms with Crippen molar-refractivity contribution in [1.29, 1.82) is 0 Å². The molecule has 116 valence electrons. The molecule has 1 aromatic carbocycles. The number of hydrogen-bond donors (Lipinski definition) is 1. The van der Waals surface area contributed by atoms with Gasteiger partial charge in [0.25, 0.3) is 5.91 Å². The predicted molar refractivity (Wildman–Crippen MR) is 71.9 cm³/mol. The lowest BCUT2D eigenvalue weighted by Crippen LogP contribution is -2.37. The third-order valence-corrected chi connectivity index (χ3v) is 3.29. The van der Waals surface area contributed by atoms with Gasteiger partial charge in [0.1, 0.15) is 5.56 Å². The Bertz CT molecular complexity index is 540. The minimum atomic E-state index is -1.70. The fourth-order valence-corrected chi connectivity index (χ4v) is 1.65. The van der Waals surface area contributed by atoms with Crippen LogP contribution in [0.3, 0.4) is 0 Å². The second-order valence-corrected chi connectivity index (χ2v) is 5.11. The molecule has 0 saturated heterocycles. The fraction of sp³-hybridized carbons (Fsp3) is 0.400. The van der Waals surface area contributed by atoms with Crippen molar-refractivity contribution in [3.63, 3.8) is 0 Å². The first-order valence-corrected chi connectivity index (χ1v) is 6.48. The van der Waals surface area contributed by atoms with E-state index in [1.165, 1.54) is 0 Å². The lowest BCUT2D eigenvalue weighted by Gasteiger charge is -2.18. The molecule has 1 atom stereocenters. The van der Waals surface area contributed by atoms with Crippen LogP contribution in [-0.4, -0.2) is 11.9 Å². The highest BCUT2D eigenvalue weighted by Crippen LogP contribution is 2.25. The average molecular weight is 303 g/mol. The van der Waals surface area contributed by atoms with Crippen LogP contribution >= 0.6 is 0 Å². The Kier molecular flexibility index (Phi) is 5.52. The summed E-state index contributed by atoms with van der Waals surface area (Å²) >= 11 is 0. The number of carbonyl (C=O) groups excluding carboxylic acids is 1. The molecule has 0 fully saturated rings. The van der Waals surface area contributed by atoms with Crippen LogP contribution in [0.1, 0.15) is 36.7 Å². The molecule has 6 heteroatoms. The minimum absolute atomic E-state index is 0.00481. The monoisotopic (exact) mass is 303 g/mol. The van der Waals surface area contributed by atoms with Gasteiger partial charge in [0.05, 0.1) is 0 Å². The number of allylic oxidation sites excluding steroid dienone is 1. The van der Waals surface area contributed by atoms with Gasteiger partial charge in [0.2, 0.25) is 0 Å². The number of hydrogen-bond acceptors (Lipinski definition) is 1. The van der Waals surface area contributed by atoms with Crippen molar-refractivity contribution in [1.82, 2.24) is 5.32 Å². The summed E-state index contributed by atoms with van der Waals surface area (Å²) in [7, 11) is 0. The Morgan fingerprint density at radius 3 is 1.95 bits per heavy atom. The van der Waals surface area contributed by atoms with Crippen LogP contribution in [-0.2, 0) is 6.42 Å². The summed E-state index contributed by atoms with van der Waals surface area (Å²) in [6, 6.07) is -0.407. The Hall–Kier alpha value is -1.85. The van der Waals surface area contributed by atoms with Gasteiger partial charge in [-0.3, -0.25) is 4.79 Å². The molecule has 0 aliphatic heterocycles. The molecule has 0 aromatic heterocycles. The van der Waals surface area contributed by atoms with Crippen molar-refractivity contribution >= 4 is 5.91 Å². The Labute approximate surface area is 120 Å². The van der Waals surface area contributed by atoms with E-state index in [4.69, 9.17) is 0 Å². The third kappa shape index (κ3) is 3.43. The van der Waals surface area contributed by atoms with E-state index in [1.807, 2.05) is 0 Å². The highest BCUT2D eigenvalue weighted by Gasteiger charge is 2.29. The normalized spacial score (nSPS) is 12.4. The molecule has 1 rings (SSSR count). The molecular formula is C15H17F4NO. The van der Waals surface area contributed by atoms with E-state index in [1.54, 1.807) is 20.8 Å². The van der Waals surface area contributed by atoms with E-state index in [0.29, 0.717) is 0 Å². The van der Waals surface area contributed by atoms with E-state index in [9.17, 15) is 22.4 Å². The molecule has 1 N–H and O–H groups in total. The van der Waals surface area contributed by atoms with E-state index in [0.717, 1.165) is 6.08 Å². The maximum atomic E-state index is 13.9. The summed E-state index contributed by atoms with van der Waals surface area (Å²) < 4.78 is 55.2. The van der Waals surface area contributed by atoms with Crippen molar-refractivity contribution in [2.24, 2.45) is 5.92 Å². The quantitative estimate of drug-likeness (QED) is 0.501. The SMILES string of the molecule is C=CCc1c(F)c(F)c(C(=O)NC(C)C(C)C)c(F)c1F. The zero-order valence-electron chi connectivity index (χ0n) is 12.1. The number of amides is 1. The van der Waals surface area contributed by atoms with Crippen molar-refractivity contribution in [3.05, 3.63) is 47.1 Å². The number of carbonyl (C=O) groups is 1. The number of rotatable bonds is 5. The third-order valence-electron chi connectivity index (χ3n) is 3.29. The van der Waals surface area contributed by atoms with E-state index >= 15 is 0 Å². The van der Waals surface area contributed by atoms with E-state index in [2.05, 4.69) is 11.9 Å². The highest BCUT2D eigenvalue weighted by molar-refractivity contribution is 5.95. The lowest BCUT2D eigenvalue weighted by molar-refractivity contribution is 0.0919. The molecular weight excluding hydrogens is 286 g/mol. The molecule has 0 bridgehead atoms. The molecule has 1 aromatic rings. The van der Waals surface area contributed by atoms with Gasteiger partial charge >= 0.3 is 0 Å². The molecule has 1 unspecified atom stereocenters.